The van der Waals surface area contributed by atoms with Crippen LogP contribution in [-0.4, -0.2) is 43.7 Å². The van der Waals surface area contributed by atoms with E-state index in [0.29, 0.717) is 29.7 Å². The number of aromatic nitrogens is 1. The lowest BCUT2D eigenvalue weighted by atomic mass is 10.3. The van der Waals surface area contributed by atoms with Crippen LogP contribution >= 0.6 is 35.3 Å². The minimum atomic E-state index is -0.318. The lowest BCUT2D eigenvalue weighted by molar-refractivity contribution is 0.0531. The SMILES string of the molecule is CCOC(=O)c1sc(C(C)NC(=NC)NCCCCOc2ccccc2)nc1C.I. The van der Waals surface area contributed by atoms with E-state index in [1.54, 1.807) is 14.0 Å². The fourth-order valence-corrected chi connectivity index (χ4v) is 3.55. The molecule has 0 fully saturated rings. The Morgan fingerprint density at radius 2 is 2.00 bits per heavy atom. The fraction of sp³-hybridized carbons (Fsp3) is 0.476. The van der Waals surface area contributed by atoms with Crippen molar-refractivity contribution in [2.75, 3.05) is 26.8 Å². The molecule has 0 aliphatic rings. The molecule has 0 saturated carbocycles. The molecule has 0 saturated heterocycles. The Balaban J connectivity index is 0.00000450. The summed E-state index contributed by atoms with van der Waals surface area (Å²) in [5.41, 5.74) is 0.693. The number of hydrogen-bond acceptors (Lipinski definition) is 6. The highest BCUT2D eigenvalue weighted by Crippen LogP contribution is 2.24. The van der Waals surface area contributed by atoms with E-state index in [1.807, 2.05) is 44.2 Å². The van der Waals surface area contributed by atoms with Crippen molar-refractivity contribution in [2.24, 2.45) is 4.99 Å². The van der Waals surface area contributed by atoms with Crippen LogP contribution < -0.4 is 15.4 Å². The van der Waals surface area contributed by atoms with Gasteiger partial charge in [0, 0.05) is 13.6 Å². The molecule has 0 bridgehead atoms. The zero-order valence-corrected chi connectivity index (χ0v) is 21.1. The molecule has 1 aromatic carbocycles. The number of hydrogen-bond donors (Lipinski definition) is 2. The number of guanidine groups is 1. The fourth-order valence-electron chi connectivity index (χ4n) is 2.59. The van der Waals surface area contributed by atoms with Crippen molar-refractivity contribution >= 4 is 47.2 Å². The molecule has 7 nitrogen and oxygen atoms in total. The van der Waals surface area contributed by atoms with Gasteiger partial charge in [-0.2, -0.15) is 0 Å². The van der Waals surface area contributed by atoms with E-state index in [0.717, 1.165) is 30.1 Å². The molecule has 1 aromatic heterocycles. The van der Waals surface area contributed by atoms with E-state index in [-0.39, 0.29) is 36.0 Å². The first-order valence-corrected chi connectivity index (χ1v) is 10.7. The third kappa shape index (κ3) is 8.47. The molecular weight excluding hydrogens is 515 g/mol. The topological polar surface area (TPSA) is 84.8 Å². The van der Waals surface area contributed by atoms with Crippen molar-refractivity contribution in [2.45, 2.75) is 39.7 Å². The molecule has 166 valence electrons. The molecule has 1 atom stereocenters. The summed E-state index contributed by atoms with van der Waals surface area (Å²) in [6.07, 6.45) is 1.91. The molecule has 0 aliphatic heterocycles. The number of ether oxygens (including phenoxy) is 2. The normalized spacial score (nSPS) is 11.9. The Morgan fingerprint density at radius 3 is 2.67 bits per heavy atom. The summed E-state index contributed by atoms with van der Waals surface area (Å²) in [6, 6.07) is 9.74. The number of para-hydroxylation sites is 1. The van der Waals surface area contributed by atoms with Crippen LogP contribution in [0.2, 0.25) is 0 Å². The average molecular weight is 546 g/mol. The van der Waals surface area contributed by atoms with E-state index >= 15 is 0 Å². The molecule has 2 aromatic rings. The lowest BCUT2D eigenvalue weighted by Crippen LogP contribution is -2.39. The van der Waals surface area contributed by atoms with Crippen molar-refractivity contribution in [3.63, 3.8) is 0 Å². The van der Waals surface area contributed by atoms with Gasteiger partial charge in [-0.25, -0.2) is 9.78 Å². The first-order chi connectivity index (χ1) is 14.0. The van der Waals surface area contributed by atoms with E-state index < -0.39 is 0 Å². The molecule has 1 unspecified atom stereocenters. The number of thiazole rings is 1. The van der Waals surface area contributed by atoms with Gasteiger partial charge in [-0.05, 0) is 45.7 Å². The van der Waals surface area contributed by atoms with Crippen molar-refractivity contribution in [1.29, 1.82) is 0 Å². The second kappa shape index (κ2) is 14.2. The summed E-state index contributed by atoms with van der Waals surface area (Å²) in [4.78, 5) is 21.3. The second-order valence-corrected chi connectivity index (χ2v) is 7.45. The number of aliphatic imine (C=N–C) groups is 1. The van der Waals surface area contributed by atoms with E-state index in [1.165, 1.54) is 11.3 Å². The summed E-state index contributed by atoms with van der Waals surface area (Å²) >= 11 is 1.35. The minimum absolute atomic E-state index is 0. The van der Waals surface area contributed by atoms with Crippen LogP contribution in [0.25, 0.3) is 0 Å². The molecule has 0 amide bonds. The van der Waals surface area contributed by atoms with Crippen LogP contribution in [0.1, 0.15) is 53.1 Å². The third-order valence-corrected chi connectivity index (χ3v) is 5.42. The Bertz CT molecular complexity index is 799. The number of nitrogens with one attached hydrogen (secondary N) is 2. The maximum Gasteiger partial charge on any atom is 0.350 e. The molecule has 2 N–H and O–H groups in total. The highest BCUT2D eigenvalue weighted by molar-refractivity contribution is 14.0. The molecule has 0 spiro atoms. The number of aryl methyl sites for hydroxylation is 1. The monoisotopic (exact) mass is 546 g/mol. The predicted octanol–water partition coefficient (Wildman–Crippen LogP) is 4.33. The van der Waals surface area contributed by atoms with Gasteiger partial charge in [-0.3, -0.25) is 4.99 Å². The molecule has 2 rings (SSSR count). The van der Waals surface area contributed by atoms with Gasteiger partial charge in [0.15, 0.2) is 5.96 Å². The number of carbonyl (C=O) groups excluding carboxylic acids is 1. The van der Waals surface area contributed by atoms with Crippen LogP contribution in [-0.2, 0) is 4.74 Å². The number of halogens is 1. The Labute approximate surface area is 199 Å². The first kappa shape index (κ1) is 26.2. The number of unbranched alkanes of at least 4 members (excludes halogenated alkanes) is 1. The zero-order valence-electron chi connectivity index (χ0n) is 17.9. The lowest BCUT2D eigenvalue weighted by Gasteiger charge is -2.16. The number of carbonyl (C=O) groups is 1. The summed E-state index contributed by atoms with van der Waals surface area (Å²) in [7, 11) is 1.73. The summed E-state index contributed by atoms with van der Waals surface area (Å²) in [6.45, 7) is 7.44. The Hall–Kier alpha value is -1.88. The highest BCUT2D eigenvalue weighted by atomic mass is 127. The molecule has 1 heterocycles. The van der Waals surface area contributed by atoms with Crippen LogP contribution in [0, 0.1) is 6.92 Å². The van der Waals surface area contributed by atoms with Gasteiger partial charge in [-0.15, -0.1) is 35.3 Å². The van der Waals surface area contributed by atoms with Gasteiger partial charge in [-0.1, -0.05) is 18.2 Å². The van der Waals surface area contributed by atoms with Crippen molar-refractivity contribution in [3.8, 4) is 5.75 Å². The highest BCUT2D eigenvalue weighted by Gasteiger charge is 2.20. The molecular formula is C21H31IN4O3S. The summed E-state index contributed by atoms with van der Waals surface area (Å²) in [5.74, 6) is 1.28. The standard InChI is InChI=1S/C21H30N4O3S.HI/c1-5-27-20(26)18-15(2)24-19(29-18)16(3)25-21(22-4)23-13-9-10-14-28-17-11-7-6-8-12-17;/h6-8,11-12,16H,5,9-10,13-14H2,1-4H3,(H2,22,23,25);1H. The van der Waals surface area contributed by atoms with E-state index in [4.69, 9.17) is 9.47 Å². The van der Waals surface area contributed by atoms with E-state index in [9.17, 15) is 4.79 Å². The molecule has 0 aliphatic carbocycles. The largest absolute Gasteiger partial charge is 0.494 e. The number of benzene rings is 1. The Morgan fingerprint density at radius 1 is 1.27 bits per heavy atom. The van der Waals surface area contributed by atoms with E-state index in [2.05, 4.69) is 20.6 Å². The quantitative estimate of drug-likeness (QED) is 0.152. The smallest absolute Gasteiger partial charge is 0.350 e. The summed E-state index contributed by atoms with van der Waals surface area (Å²) in [5, 5.41) is 7.44. The van der Waals surface area contributed by atoms with Crippen LogP contribution in [0.15, 0.2) is 35.3 Å². The number of rotatable bonds is 10. The van der Waals surface area contributed by atoms with Gasteiger partial charge in [0.05, 0.1) is 24.9 Å². The van der Waals surface area contributed by atoms with Crippen LogP contribution in [0.3, 0.4) is 0 Å². The summed E-state index contributed by atoms with van der Waals surface area (Å²) < 4.78 is 10.8. The third-order valence-electron chi connectivity index (χ3n) is 4.10. The predicted molar refractivity (Wildman–Crippen MR) is 132 cm³/mol. The minimum Gasteiger partial charge on any atom is -0.494 e. The maximum absolute atomic E-state index is 12.0. The van der Waals surface area contributed by atoms with Gasteiger partial charge in [0.2, 0.25) is 0 Å². The van der Waals surface area contributed by atoms with Gasteiger partial charge in [0.25, 0.3) is 0 Å². The first-order valence-electron chi connectivity index (χ1n) is 9.84. The number of esters is 1. The molecule has 30 heavy (non-hydrogen) atoms. The van der Waals surface area contributed by atoms with Gasteiger partial charge in [0.1, 0.15) is 15.6 Å². The molecule has 9 heteroatoms. The average Bonchev–Trinajstić information content (AvgIpc) is 3.12. The second-order valence-electron chi connectivity index (χ2n) is 6.42. The van der Waals surface area contributed by atoms with Crippen molar-refractivity contribution < 1.29 is 14.3 Å². The van der Waals surface area contributed by atoms with Crippen LogP contribution in [0.5, 0.6) is 5.75 Å². The van der Waals surface area contributed by atoms with Crippen LogP contribution in [0.4, 0.5) is 0 Å². The number of nitrogens with zero attached hydrogens (tertiary/aromatic N) is 2. The van der Waals surface area contributed by atoms with Gasteiger partial charge < -0.3 is 20.1 Å². The molecule has 0 radical (unpaired) electrons. The Kier molecular flexibility index (Phi) is 12.4. The zero-order chi connectivity index (χ0) is 21.1. The van der Waals surface area contributed by atoms with Crippen molar-refractivity contribution in [1.82, 2.24) is 15.6 Å². The maximum atomic E-state index is 12.0. The van der Waals surface area contributed by atoms with Crippen molar-refractivity contribution in [3.05, 3.63) is 45.9 Å². The van der Waals surface area contributed by atoms with Gasteiger partial charge >= 0.3 is 5.97 Å².